The van der Waals surface area contributed by atoms with E-state index in [0.29, 0.717) is 17.6 Å². The molecule has 2 heterocycles. The maximum atomic E-state index is 5.96. The van der Waals surface area contributed by atoms with Crippen LogP contribution in [0.5, 0.6) is 0 Å². The van der Waals surface area contributed by atoms with Gasteiger partial charge < -0.3 is 9.42 Å². The van der Waals surface area contributed by atoms with Gasteiger partial charge in [-0.2, -0.15) is 4.98 Å². The highest BCUT2D eigenvalue weighted by molar-refractivity contribution is 6.30. The zero-order valence-electron chi connectivity index (χ0n) is 15.1. The van der Waals surface area contributed by atoms with E-state index in [4.69, 9.17) is 16.1 Å². The van der Waals surface area contributed by atoms with Crippen molar-refractivity contribution < 1.29 is 4.52 Å². The van der Waals surface area contributed by atoms with E-state index in [1.165, 1.54) is 31.5 Å². The van der Waals surface area contributed by atoms with Crippen LogP contribution in [-0.2, 0) is 13.0 Å². The third kappa shape index (κ3) is 5.80. The van der Waals surface area contributed by atoms with E-state index in [-0.39, 0.29) is 0 Å². The largest absolute Gasteiger partial charge is 0.338 e. The normalized spacial score (nSPS) is 18.8. The molecule has 0 N–H and O–H groups in total. The van der Waals surface area contributed by atoms with Crippen LogP contribution in [0, 0.1) is 12.8 Å². The van der Waals surface area contributed by atoms with Gasteiger partial charge in [-0.05, 0) is 63.4 Å². The molecule has 0 unspecified atom stereocenters. The van der Waals surface area contributed by atoms with Gasteiger partial charge in [-0.3, -0.25) is 4.90 Å². The Kier molecular flexibility index (Phi) is 6.45. The summed E-state index contributed by atoms with van der Waals surface area (Å²) in [5, 5.41) is 4.66. The predicted octanol–water partition coefficient (Wildman–Crippen LogP) is 3.42. The third-order valence-corrected chi connectivity index (χ3v) is 5.03. The number of piperidine rings is 1. The Balaban J connectivity index is 1.43. The monoisotopic (exact) mass is 362 g/mol. The lowest BCUT2D eigenvalue weighted by Gasteiger charge is -2.34. The molecule has 1 atom stereocenters. The number of rotatable bonds is 7. The Morgan fingerprint density at radius 2 is 2.12 bits per heavy atom. The summed E-state index contributed by atoms with van der Waals surface area (Å²) in [4.78, 5) is 9.17. The first-order chi connectivity index (χ1) is 12.1. The summed E-state index contributed by atoms with van der Waals surface area (Å²) in [7, 11) is 2.13. The fourth-order valence-electron chi connectivity index (χ4n) is 3.58. The molecule has 3 rings (SSSR count). The van der Waals surface area contributed by atoms with Gasteiger partial charge >= 0.3 is 0 Å². The highest BCUT2D eigenvalue weighted by Crippen LogP contribution is 2.19. The van der Waals surface area contributed by atoms with Gasteiger partial charge in [-0.1, -0.05) is 28.9 Å². The van der Waals surface area contributed by atoms with Crippen LogP contribution in [0.2, 0.25) is 5.02 Å². The molecule has 1 aromatic heterocycles. The molecule has 6 heteroatoms. The average molecular weight is 363 g/mol. The lowest BCUT2D eigenvalue weighted by Crippen LogP contribution is -2.40. The molecule has 1 aromatic carbocycles. The lowest BCUT2D eigenvalue weighted by atomic mass is 9.97. The standard InChI is InChI=1S/C19H27ClN4O/c1-15-21-19(25-22-15)14-23(2)12-17-4-3-10-24(13-17)11-9-16-5-7-18(20)8-6-16/h5-8,17H,3-4,9-14H2,1-2H3/t17-/m0/s1. The summed E-state index contributed by atoms with van der Waals surface area (Å²) in [5.41, 5.74) is 1.36. The zero-order valence-corrected chi connectivity index (χ0v) is 15.9. The molecule has 136 valence electrons. The molecule has 1 fully saturated rings. The molecule has 2 aromatic rings. The third-order valence-electron chi connectivity index (χ3n) is 4.78. The molecular formula is C19H27ClN4O. The van der Waals surface area contributed by atoms with Gasteiger partial charge in [0.15, 0.2) is 5.82 Å². The molecular weight excluding hydrogens is 336 g/mol. The fraction of sp³-hybridized carbons (Fsp3) is 0.579. The quantitative estimate of drug-likeness (QED) is 0.755. The highest BCUT2D eigenvalue weighted by Gasteiger charge is 2.21. The minimum absolute atomic E-state index is 0.702. The fourth-order valence-corrected chi connectivity index (χ4v) is 3.71. The highest BCUT2D eigenvalue weighted by atomic mass is 35.5. The SMILES string of the molecule is Cc1noc(CN(C)C[C@@H]2CCCN(CCc3ccc(Cl)cc3)C2)n1. The lowest BCUT2D eigenvalue weighted by molar-refractivity contribution is 0.137. The summed E-state index contributed by atoms with van der Waals surface area (Å²) in [5.74, 6) is 2.11. The second-order valence-corrected chi connectivity index (χ2v) is 7.55. The molecule has 0 bridgehead atoms. The summed E-state index contributed by atoms with van der Waals surface area (Å²) >= 11 is 5.96. The van der Waals surface area contributed by atoms with E-state index in [1.54, 1.807) is 0 Å². The number of aryl methyl sites for hydroxylation is 1. The number of likely N-dealkylation sites (tertiary alicyclic amines) is 1. The van der Waals surface area contributed by atoms with E-state index in [1.807, 2.05) is 19.1 Å². The predicted molar refractivity (Wildman–Crippen MR) is 99.7 cm³/mol. The summed E-state index contributed by atoms with van der Waals surface area (Å²) in [6.07, 6.45) is 3.66. The van der Waals surface area contributed by atoms with Crippen LogP contribution in [0.1, 0.15) is 30.1 Å². The van der Waals surface area contributed by atoms with Crippen LogP contribution in [0.4, 0.5) is 0 Å². The number of benzene rings is 1. The van der Waals surface area contributed by atoms with Crippen LogP contribution in [-0.4, -0.2) is 53.2 Å². The molecule has 1 aliphatic rings. The van der Waals surface area contributed by atoms with Gasteiger partial charge in [-0.15, -0.1) is 0 Å². The van der Waals surface area contributed by atoms with Gasteiger partial charge in [0, 0.05) is 24.7 Å². The van der Waals surface area contributed by atoms with Crippen molar-refractivity contribution in [2.45, 2.75) is 32.7 Å². The Bertz CT molecular complexity index is 658. The Morgan fingerprint density at radius 1 is 1.32 bits per heavy atom. The first-order valence-electron chi connectivity index (χ1n) is 9.03. The van der Waals surface area contributed by atoms with Crippen molar-refractivity contribution in [3.63, 3.8) is 0 Å². The van der Waals surface area contributed by atoms with Crippen LogP contribution < -0.4 is 0 Å². The number of aromatic nitrogens is 2. The van der Waals surface area contributed by atoms with Crippen molar-refractivity contribution in [1.29, 1.82) is 0 Å². The van der Waals surface area contributed by atoms with Gasteiger partial charge in [0.05, 0.1) is 6.54 Å². The Morgan fingerprint density at radius 3 is 2.84 bits per heavy atom. The zero-order chi connectivity index (χ0) is 17.6. The van der Waals surface area contributed by atoms with Crippen molar-refractivity contribution in [2.75, 3.05) is 33.2 Å². The molecule has 1 aliphatic heterocycles. The van der Waals surface area contributed by atoms with E-state index < -0.39 is 0 Å². The minimum Gasteiger partial charge on any atom is -0.338 e. The maximum Gasteiger partial charge on any atom is 0.240 e. The molecule has 0 saturated carbocycles. The molecule has 0 spiro atoms. The molecule has 25 heavy (non-hydrogen) atoms. The Labute approximate surface area is 155 Å². The van der Waals surface area contributed by atoms with Gasteiger partial charge in [0.1, 0.15) is 0 Å². The van der Waals surface area contributed by atoms with Crippen molar-refractivity contribution in [2.24, 2.45) is 5.92 Å². The van der Waals surface area contributed by atoms with Crippen LogP contribution in [0.15, 0.2) is 28.8 Å². The topological polar surface area (TPSA) is 45.4 Å². The average Bonchev–Trinajstić information content (AvgIpc) is 2.99. The van der Waals surface area contributed by atoms with Gasteiger partial charge in [0.2, 0.25) is 5.89 Å². The maximum absolute atomic E-state index is 5.96. The molecule has 0 aliphatic carbocycles. The van der Waals surface area contributed by atoms with Crippen molar-refractivity contribution >= 4 is 11.6 Å². The van der Waals surface area contributed by atoms with Crippen molar-refractivity contribution in [3.8, 4) is 0 Å². The number of hydrogen-bond acceptors (Lipinski definition) is 5. The van der Waals surface area contributed by atoms with E-state index in [0.717, 1.165) is 31.1 Å². The number of halogens is 1. The van der Waals surface area contributed by atoms with Crippen LogP contribution in [0.25, 0.3) is 0 Å². The molecule has 0 amide bonds. The second-order valence-electron chi connectivity index (χ2n) is 7.12. The summed E-state index contributed by atoms with van der Waals surface area (Å²) in [6, 6.07) is 8.21. The van der Waals surface area contributed by atoms with Crippen LogP contribution >= 0.6 is 11.6 Å². The van der Waals surface area contributed by atoms with E-state index in [9.17, 15) is 0 Å². The van der Waals surface area contributed by atoms with Crippen LogP contribution in [0.3, 0.4) is 0 Å². The first kappa shape index (κ1) is 18.4. The van der Waals surface area contributed by atoms with Crippen molar-refractivity contribution in [3.05, 3.63) is 46.6 Å². The Hall–Kier alpha value is -1.43. The minimum atomic E-state index is 0.702. The molecule has 5 nitrogen and oxygen atoms in total. The van der Waals surface area contributed by atoms with Crippen molar-refractivity contribution in [1.82, 2.24) is 19.9 Å². The summed E-state index contributed by atoms with van der Waals surface area (Å²) < 4.78 is 5.22. The molecule has 1 saturated heterocycles. The van der Waals surface area contributed by atoms with Gasteiger partial charge in [0.25, 0.3) is 0 Å². The number of nitrogens with zero attached hydrogens (tertiary/aromatic N) is 4. The second kappa shape index (κ2) is 8.79. The van der Waals surface area contributed by atoms with Gasteiger partial charge in [-0.25, -0.2) is 0 Å². The number of hydrogen-bond donors (Lipinski definition) is 0. The van der Waals surface area contributed by atoms with E-state index in [2.05, 4.69) is 39.1 Å². The summed E-state index contributed by atoms with van der Waals surface area (Å²) in [6.45, 7) is 7.13. The van der Waals surface area contributed by atoms with E-state index >= 15 is 0 Å². The first-order valence-corrected chi connectivity index (χ1v) is 9.41. The smallest absolute Gasteiger partial charge is 0.240 e. The molecule has 0 radical (unpaired) electrons.